The van der Waals surface area contributed by atoms with E-state index in [4.69, 9.17) is 4.74 Å². The number of nitrogens with one attached hydrogen (secondary N) is 1. The highest BCUT2D eigenvalue weighted by molar-refractivity contribution is 5.43. The Morgan fingerprint density at radius 3 is 2.84 bits per heavy atom. The van der Waals surface area contributed by atoms with Crippen molar-refractivity contribution in [3.8, 4) is 0 Å². The molecule has 19 heavy (non-hydrogen) atoms. The molecule has 0 fully saturated rings. The second-order valence-electron chi connectivity index (χ2n) is 4.61. The zero-order valence-corrected chi connectivity index (χ0v) is 12.5. The van der Waals surface area contributed by atoms with E-state index >= 15 is 0 Å². The van der Waals surface area contributed by atoms with Gasteiger partial charge in [0.05, 0.1) is 6.61 Å². The van der Waals surface area contributed by atoms with E-state index < -0.39 is 0 Å². The van der Waals surface area contributed by atoms with Gasteiger partial charge in [-0.3, -0.25) is 0 Å². The number of aromatic nitrogens is 2. The number of ether oxygens (including phenoxy) is 1. The first-order valence-electron chi connectivity index (χ1n) is 7.05. The summed E-state index contributed by atoms with van der Waals surface area (Å²) in [5.74, 6) is 1.66. The van der Waals surface area contributed by atoms with E-state index in [0.29, 0.717) is 18.6 Å². The predicted molar refractivity (Wildman–Crippen MR) is 79.8 cm³/mol. The summed E-state index contributed by atoms with van der Waals surface area (Å²) in [4.78, 5) is 11.1. The molecule has 0 bridgehead atoms. The highest BCUT2D eigenvalue weighted by Gasteiger charge is 2.14. The SMILES string of the molecule is CCCNc1nccc(N(CCOC)C(C)CC)n1. The lowest BCUT2D eigenvalue weighted by Gasteiger charge is -2.29. The maximum atomic E-state index is 5.18. The molecule has 0 aromatic carbocycles. The van der Waals surface area contributed by atoms with E-state index in [2.05, 4.69) is 41.0 Å². The van der Waals surface area contributed by atoms with Crippen molar-refractivity contribution in [2.24, 2.45) is 0 Å². The van der Waals surface area contributed by atoms with Gasteiger partial charge in [0, 0.05) is 32.4 Å². The lowest BCUT2D eigenvalue weighted by atomic mass is 10.2. The van der Waals surface area contributed by atoms with E-state index in [0.717, 1.165) is 31.7 Å². The summed E-state index contributed by atoms with van der Waals surface area (Å²) in [6, 6.07) is 2.39. The molecule has 0 amide bonds. The fourth-order valence-corrected chi connectivity index (χ4v) is 1.80. The molecule has 0 radical (unpaired) electrons. The van der Waals surface area contributed by atoms with Gasteiger partial charge in [-0.15, -0.1) is 0 Å². The van der Waals surface area contributed by atoms with Crippen molar-refractivity contribution in [3.05, 3.63) is 12.3 Å². The predicted octanol–water partition coefficient (Wildman–Crippen LogP) is 2.55. The van der Waals surface area contributed by atoms with Gasteiger partial charge in [0.1, 0.15) is 5.82 Å². The Hall–Kier alpha value is -1.36. The van der Waals surface area contributed by atoms with E-state index in [1.807, 2.05) is 12.3 Å². The number of nitrogens with zero attached hydrogens (tertiary/aromatic N) is 3. The molecule has 108 valence electrons. The highest BCUT2D eigenvalue weighted by atomic mass is 16.5. The van der Waals surface area contributed by atoms with Crippen LogP contribution in [0.2, 0.25) is 0 Å². The molecule has 0 aliphatic heterocycles. The standard InChI is InChI=1S/C14H26N4O/c1-5-8-15-14-16-9-7-13(17-14)18(10-11-19-4)12(3)6-2/h7,9,12H,5-6,8,10-11H2,1-4H3,(H,15,16,17). The van der Waals surface area contributed by atoms with Crippen LogP contribution in [-0.2, 0) is 4.74 Å². The van der Waals surface area contributed by atoms with Gasteiger partial charge in [0.25, 0.3) is 0 Å². The Bertz CT molecular complexity index is 359. The van der Waals surface area contributed by atoms with Gasteiger partial charge in [-0.25, -0.2) is 4.98 Å². The van der Waals surface area contributed by atoms with Crippen LogP contribution in [0.3, 0.4) is 0 Å². The number of hydrogen-bond donors (Lipinski definition) is 1. The largest absolute Gasteiger partial charge is 0.383 e. The maximum absolute atomic E-state index is 5.18. The van der Waals surface area contributed by atoms with Crippen molar-refractivity contribution in [2.75, 3.05) is 37.0 Å². The molecule has 1 unspecified atom stereocenters. The van der Waals surface area contributed by atoms with Crippen molar-refractivity contribution in [1.82, 2.24) is 9.97 Å². The van der Waals surface area contributed by atoms with Gasteiger partial charge in [0.2, 0.25) is 5.95 Å². The van der Waals surface area contributed by atoms with Crippen molar-refractivity contribution < 1.29 is 4.74 Å². The van der Waals surface area contributed by atoms with Gasteiger partial charge in [-0.1, -0.05) is 13.8 Å². The minimum Gasteiger partial charge on any atom is -0.383 e. The third kappa shape index (κ3) is 5.03. The topological polar surface area (TPSA) is 50.3 Å². The monoisotopic (exact) mass is 266 g/mol. The molecule has 0 aliphatic carbocycles. The Morgan fingerprint density at radius 1 is 1.42 bits per heavy atom. The quantitative estimate of drug-likeness (QED) is 0.744. The number of hydrogen-bond acceptors (Lipinski definition) is 5. The van der Waals surface area contributed by atoms with Crippen molar-refractivity contribution in [3.63, 3.8) is 0 Å². The van der Waals surface area contributed by atoms with Crippen molar-refractivity contribution >= 4 is 11.8 Å². The molecule has 5 nitrogen and oxygen atoms in total. The minimum absolute atomic E-state index is 0.434. The van der Waals surface area contributed by atoms with Crippen LogP contribution in [-0.4, -0.2) is 42.8 Å². The molecule has 0 spiro atoms. The van der Waals surface area contributed by atoms with Crippen molar-refractivity contribution in [2.45, 2.75) is 39.7 Å². The van der Waals surface area contributed by atoms with Crippen LogP contribution in [0.25, 0.3) is 0 Å². The number of anilines is 2. The molecular weight excluding hydrogens is 240 g/mol. The Kier molecular flexibility index (Phi) is 7.18. The summed E-state index contributed by atoms with van der Waals surface area (Å²) >= 11 is 0. The lowest BCUT2D eigenvalue weighted by molar-refractivity contribution is 0.203. The molecule has 0 saturated carbocycles. The number of methoxy groups -OCH3 is 1. The molecule has 1 aromatic heterocycles. The zero-order chi connectivity index (χ0) is 14.1. The fraction of sp³-hybridized carbons (Fsp3) is 0.714. The zero-order valence-electron chi connectivity index (χ0n) is 12.5. The third-order valence-corrected chi connectivity index (χ3v) is 3.13. The number of rotatable bonds is 9. The van der Waals surface area contributed by atoms with Gasteiger partial charge in [-0.05, 0) is 25.8 Å². The Labute approximate surface area is 116 Å². The van der Waals surface area contributed by atoms with Crippen LogP contribution in [0.1, 0.15) is 33.6 Å². The van der Waals surface area contributed by atoms with E-state index in [-0.39, 0.29) is 0 Å². The molecule has 1 heterocycles. The summed E-state index contributed by atoms with van der Waals surface area (Å²) in [7, 11) is 1.73. The Balaban J connectivity index is 2.81. The van der Waals surface area contributed by atoms with Crippen LogP contribution < -0.4 is 10.2 Å². The third-order valence-electron chi connectivity index (χ3n) is 3.13. The van der Waals surface area contributed by atoms with Gasteiger partial charge in [0.15, 0.2) is 0 Å². The van der Waals surface area contributed by atoms with Gasteiger partial charge >= 0.3 is 0 Å². The second-order valence-corrected chi connectivity index (χ2v) is 4.61. The molecule has 1 N–H and O–H groups in total. The maximum Gasteiger partial charge on any atom is 0.224 e. The van der Waals surface area contributed by atoms with E-state index in [1.165, 1.54) is 0 Å². The van der Waals surface area contributed by atoms with Crippen LogP contribution in [0.15, 0.2) is 12.3 Å². The van der Waals surface area contributed by atoms with Crippen LogP contribution in [0.4, 0.5) is 11.8 Å². The van der Waals surface area contributed by atoms with Crippen LogP contribution in [0, 0.1) is 0 Å². The van der Waals surface area contributed by atoms with Gasteiger partial charge in [-0.2, -0.15) is 4.98 Å². The average molecular weight is 266 g/mol. The first-order chi connectivity index (χ1) is 9.22. The van der Waals surface area contributed by atoms with E-state index in [1.54, 1.807) is 7.11 Å². The smallest absolute Gasteiger partial charge is 0.224 e. The molecule has 5 heteroatoms. The molecule has 1 rings (SSSR count). The summed E-state index contributed by atoms with van der Waals surface area (Å²) < 4.78 is 5.18. The minimum atomic E-state index is 0.434. The first kappa shape index (κ1) is 15.7. The summed E-state index contributed by atoms with van der Waals surface area (Å²) in [5.41, 5.74) is 0. The molecule has 1 aromatic rings. The normalized spacial score (nSPS) is 12.2. The first-order valence-corrected chi connectivity index (χ1v) is 7.05. The summed E-state index contributed by atoms with van der Waals surface area (Å²) in [6.45, 7) is 8.95. The van der Waals surface area contributed by atoms with Crippen LogP contribution in [0.5, 0.6) is 0 Å². The lowest BCUT2D eigenvalue weighted by Crippen LogP contribution is -2.36. The average Bonchev–Trinajstić information content (AvgIpc) is 2.45. The van der Waals surface area contributed by atoms with Crippen molar-refractivity contribution in [1.29, 1.82) is 0 Å². The summed E-state index contributed by atoms with van der Waals surface area (Å²) in [6.07, 6.45) is 3.94. The Morgan fingerprint density at radius 2 is 2.21 bits per heavy atom. The fourth-order valence-electron chi connectivity index (χ4n) is 1.80. The second kappa shape index (κ2) is 8.69. The molecule has 1 atom stereocenters. The molecular formula is C14H26N4O. The molecule has 0 saturated heterocycles. The highest BCUT2D eigenvalue weighted by Crippen LogP contribution is 2.16. The summed E-state index contributed by atoms with van der Waals surface area (Å²) in [5, 5.41) is 3.22. The molecule has 0 aliphatic rings. The van der Waals surface area contributed by atoms with Gasteiger partial charge < -0.3 is 15.0 Å². The van der Waals surface area contributed by atoms with Crippen LogP contribution >= 0.6 is 0 Å². The van der Waals surface area contributed by atoms with E-state index in [9.17, 15) is 0 Å².